The highest BCUT2D eigenvalue weighted by molar-refractivity contribution is 7.94. The molecule has 0 N–H and O–H groups in total. The van der Waals surface area contributed by atoms with Crippen molar-refractivity contribution in [1.82, 2.24) is 0 Å². The third-order valence-corrected chi connectivity index (χ3v) is 1.14. The molecule has 0 aliphatic heterocycles. The fourth-order valence-corrected chi connectivity index (χ4v) is 0.612. The van der Waals surface area contributed by atoms with Gasteiger partial charge in [0.05, 0.1) is 6.10 Å². The molecule has 0 heterocycles. The Hall–Kier alpha value is 0.310. The summed E-state index contributed by atoms with van der Waals surface area (Å²) in [6.07, 6.45) is 0.366. The molecular formula is C5H12OS. The standard InChI is InChI=1S/C5H12OS/c1-4-7-6-5(2)3/h5H,4H2,1-3H3. The average Bonchev–Trinajstić information content (AvgIpc) is 1.61. The van der Waals surface area contributed by atoms with Gasteiger partial charge in [0.1, 0.15) is 0 Å². The lowest BCUT2D eigenvalue weighted by Gasteiger charge is -2.01. The first-order valence-corrected chi connectivity index (χ1v) is 3.46. The van der Waals surface area contributed by atoms with E-state index in [1.54, 1.807) is 0 Å². The van der Waals surface area contributed by atoms with Crippen LogP contribution in [0.5, 0.6) is 0 Å². The second-order valence-corrected chi connectivity index (χ2v) is 2.56. The van der Waals surface area contributed by atoms with Crippen LogP contribution in [0.25, 0.3) is 0 Å². The molecule has 0 saturated carbocycles. The van der Waals surface area contributed by atoms with E-state index in [1.165, 1.54) is 12.0 Å². The van der Waals surface area contributed by atoms with Crippen molar-refractivity contribution in [2.24, 2.45) is 0 Å². The van der Waals surface area contributed by atoms with Gasteiger partial charge >= 0.3 is 0 Å². The summed E-state index contributed by atoms with van der Waals surface area (Å²) >= 11 is 1.52. The second kappa shape index (κ2) is 4.47. The SMILES string of the molecule is CCSOC(C)C. The number of hydrogen-bond acceptors (Lipinski definition) is 2. The van der Waals surface area contributed by atoms with Gasteiger partial charge in [-0.2, -0.15) is 0 Å². The van der Waals surface area contributed by atoms with Gasteiger partial charge in [0.25, 0.3) is 0 Å². The van der Waals surface area contributed by atoms with Crippen molar-refractivity contribution in [2.45, 2.75) is 26.9 Å². The van der Waals surface area contributed by atoms with Crippen LogP contribution in [0.1, 0.15) is 20.8 Å². The minimum atomic E-state index is 0.366. The number of rotatable bonds is 3. The van der Waals surface area contributed by atoms with Crippen molar-refractivity contribution in [1.29, 1.82) is 0 Å². The maximum Gasteiger partial charge on any atom is 0.0666 e. The van der Waals surface area contributed by atoms with E-state index >= 15 is 0 Å². The van der Waals surface area contributed by atoms with Crippen molar-refractivity contribution in [2.75, 3.05) is 5.75 Å². The van der Waals surface area contributed by atoms with Gasteiger partial charge in [-0.1, -0.05) is 6.92 Å². The summed E-state index contributed by atoms with van der Waals surface area (Å²) < 4.78 is 5.11. The van der Waals surface area contributed by atoms with Gasteiger partial charge in [0.2, 0.25) is 0 Å². The van der Waals surface area contributed by atoms with Crippen molar-refractivity contribution < 1.29 is 4.18 Å². The van der Waals surface area contributed by atoms with E-state index in [2.05, 4.69) is 6.92 Å². The molecule has 0 spiro atoms. The summed E-state index contributed by atoms with van der Waals surface area (Å²) in [7, 11) is 0. The van der Waals surface area contributed by atoms with Crippen LogP contribution in [-0.4, -0.2) is 11.9 Å². The van der Waals surface area contributed by atoms with Crippen LogP contribution in [0, 0.1) is 0 Å². The Morgan fingerprint density at radius 3 is 2.29 bits per heavy atom. The zero-order chi connectivity index (χ0) is 5.70. The maximum atomic E-state index is 5.11. The monoisotopic (exact) mass is 120 g/mol. The molecule has 0 aliphatic carbocycles. The Kier molecular flexibility index (Phi) is 4.67. The molecule has 0 aromatic heterocycles. The van der Waals surface area contributed by atoms with Crippen LogP contribution in [0.4, 0.5) is 0 Å². The Morgan fingerprint density at radius 1 is 1.57 bits per heavy atom. The zero-order valence-corrected chi connectivity index (χ0v) is 5.92. The van der Waals surface area contributed by atoms with Gasteiger partial charge in [-0.25, -0.2) is 0 Å². The van der Waals surface area contributed by atoms with E-state index in [1.807, 2.05) is 13.8 Å². The zero-order valence-electron chi connectivity index (χ0n) is 5.10. The molecule has 7 heavy (non-hydrogen) atoms. The lowest BCUT2D eigenvalue weighted by Crippen LogP contribution is -1.93. The van der Waals surface area contributed by atoms with E-state index in [0.29, 0.717) is 6.10 Å². The van der Waals surface area contributed by atoms with Crippen LogP contribution < -0.4 is 0 Å². The summed E-state index contributed by atoms with van der Waals surface area (Å²) in [4.78, 5) is 0. The first kappa shape index (κ1) is 7.31. The third-order valence-electron chi connectivity index (χ3n) is 0.378. The molecule has 0 bridgehead atoms. The molecule has 0 aromatic carbocycles. The molecule has 0 aromatic rings. The van der Waals surface area contributed by atoms with E-state index in [9.17, 15) is 0 Å². The highest BCUT2D eigenvalue weighted by atomic mass is 32.2. The summed E-state index contributed by atoms with van der Waals surface area (Å²) in [6, 6.07) is 0. The predicted octanol–water partition coefficient (Wildman–Crippen LogP) is 2.08. The van der Waals surface area contributed by atoms with Gasteiger partial charge in [-0.3, -0.25) is 0 Å². The minimum absolute atomic E-state index is 0.366. The topological polar surface area (TPSA) is 9.23 Å². The fourth-order valence-electron chi connectivity index (χ4n) is 0.204. The summed E-state index contributed by atoms with van der Waals surface area (Å²) in [5, 5.41) is 0. The van der Waals surface area contributed by atoms with Gasteiger partial charge in [-0.15, -0.1) is 0 Å². The Morgan fingerprint density at radius 2 is 2.14 bits per heavy atom. The first-order chi connectivity index (χ1) is 3.27. The van der Waals surface area contributed by atoms with Gasteiger partial charge in [0, 0.05) is 5.75 Å². The van der Waals surface area contributed by atoms with E-state index < -0.39 is 0 Å². The Labute approximate surface area is 49.6 Å². The molecule has 0 aliphatic rings. The summed E-state index contributed by atoms with van der Waals surface area (Å²) in [5.74, 6) is 1.04. The van der Waals surface area contributed by atoms with Crippen molar-refractivity contribution >= 4 is 12.0 Å². The van der Waals surface area contributed by atoms with Gasteiger partial charge < -0.3 is 4.18 Å². The van der Waals surface area contributed by atoms with Crippen LogP contribution in [0.15, 0.2) is 0 Å². The van der Waals surface area contributed by atoms with Gasteiger partial charge in [0.15, 0.2) is 0 Å². The Bertz CT molecular complexity index is 37.1. The summed E-state index contributed by atoms with van der Waals surface area (Å²) in [5.41, 5.74) is 0. The third kappa shape index (κ3) is 6.31. The maximum absolute atomic E-state index is 5.11. The molecule has 1 nitrogen and oxygen atoms in total. The van der Waals surface area contributed by atoms with Gasteiger partial charge in [-0.05, 0) is 25.9 Å². The minimum Gasteiger partial charge on any atom is -0.313 e. The quantitative estimate of drug-likeness (QED) is 0.527. The molecular weight excluding hydrogens is 108 g/mol. The van der Waals surface area contributed by atoms with Crippen molar-refractivity contribution in [3.05, 3.63) is 0 Å². The largest absolute Gasteiger partial charge is 0.313 e. The van der Waals surface area contributed by atoms with Crippen LogP contribution >= 0.6 is 12.0 Å². The molecule has 2 heteroatoms. The fraction of sp³-hybridized carbons (Fsp3) is 1.00. The first-order valence-electron chi connectivity index (χ1n) is 2.55. The lowest BCUT2D eigenvalue weighted by molar-refractivity contribution is 0.289. The second-order valence-electron chi connectivity index (χ2n) is 1.55. The lowest BCUT2D eigenvalue weighted by atomic mass is 10.5. The van der Waals surface area contributed by atoms with Crippen molar-refractivity contribution in [3.8, 4) is 0 Å². The highest BCUT2D eigenvalue weighted by Gasteiger charge is 1.88. The molecule has 0 rings (SSSR count). The van der Waals surface area contributed by atoms with Crippen molar-refractivity contribution in [3.63, 3.8) is 0 Å². The smallest absolute Gasteiger partial charge is 0.0666 e. The van der Waals surface area contributed by atoms with E-state index in [0.717, 1.165) is 5.75 Å². The normalized spacial score (nSPS) is 10.3. The van der Waals surface area contributed by atoms with E-state index in [4.69, 9.17) is 4.18 Å². The van der Waals surface area contributed by atoms with Crippen LogP contribution in [-0.2, 0) is 4.18 Å². The predicted molar refractivity (Wildman–Crippen MR) is 34.4 cm³/mol. The molecule has 0 atom stereocenters. The molecule has 0 radical (unpaired) electrons. The molecule has 0 saturated heterocycles. The number of hydrogen-bond donors (Lipinski definition) is 0. The molecule has 44 valence electrons. The molecule has 0 unspecified atom stereocenters. The van der Waals surface area contributed by atoms with Crippen LogP contribution in [0.3, 0.4) is 0 Å². The van der Waals surface area contributed by atoms with Crippen LogP contribution in [0.2, 0.25) is 0 Å². The Balaban J connectivity index is 2.68. The highest BCUT2D eigenvalue weighted by Crippen LogP contribution is 2.04. The average molecular weight is 120 g/mol. The van der Waals surface area contributed by atoms with E-state index in [-0.39, 0.29) is 0 Å². The molecule has 0 amide bonds. The molecule has 0 fully saturated rings. The summed E-state index contributed by atoms with van der Waals surface area (Å²) in [6.45, 7) is 6.14.